The summed E-state index contributed by atoms with van der Waals surface area (Å²) in [6, 6.07) is 0. The fraction of sp³-hybridized carbons (Fsp3) is 1.00. The third-order valence-electron chi connectivity index (χ3n) is 1.51. The van der Waals surface area contributed by atoms with Crippen LogP contribution in [0.15, 0.2) is 0 Å². The quantitative estimate of drug-likeness (QED) is 0.442. The molecule has 0 aromatic heterocycles. The van der Waals surface area contributed by atoms with Crippen LogP contribution in [0.4, 0.5) is 0 Å². The minimum Gasteiger partial charge on any atom is -0.134 e. The smallest absolute Gasteiger partial charge is 0.0258 e. The molecule has 4 unspecified atom stereocenters. The van der Waals surface area contributed by atoms with Crippen LogP contribution in [-0.4, -0.2) is 11.3 Å². The average molecular weight is 134 g/mol. The highest BCUT2D eigenvalue weighted by Gasteiger charge is 2.16. The first-order valence-electron chi connectivity index (χ1n) is 2.80. The fourth-order valence-electron chi connectivity index (χ4n) is 1.05. The van der Waals surface area contributed by atoms with E-state index in [1.807, 2.05) is 0 Å². The maximum absolute atomic E-state index is 2.88. The van der Waals surface area contributed by atoms with Crippen molar-refractivity contribution in [3.63, 3.8) is 0 Å². The van der Waals surface area contributed by atoms with E-state index in [0.717, 1.165) is 11.3 Å². The molecule has 0 N–H and O–H groups in total. The Morgan fingerprint density at radius 3 is 1.57 bits per heavy atom. The lowest BCUT2D eigenvalue weighted by Gasteiger charge is -1.96. The third-order valence-corrected chi connectivity index (χ3v) is 2.72. The van der Waals surface area contributed by atoms with Crippen LogP contribution in [0.2, 0.25) is 0 Å². The van der Waals surface area contributed by atoms with Gasteiger partial charge in [-0.3, -0.25) is 0 Å². The van der Waals surface area contributed by atoms with E-state index in [4.69, 9.17) is 0 Å². The second-order valence-electron chi connectivity index (χ2n) is 2.33. The molecule has 0 bridgehead atoms. The molecule has 1 saturated carbocycles. The van der Waals surface area contributed by atoms with Gasteiger partial charge in [0.15, 0.2) is 0 Å². The topological polar surface area (TPSA) is 0 Å². The first-order chi connectivity index (χ1) is 3.29. The fourth-order valence-corrected chi connectivity index (χ4v) is 2.45. The summed E-state index contributed by atoms with van der Waals surface area (Å²) in [4.78, 5) is 0. The first kappa shape index (κ1) is 5.99. The summed E-state index contributed by atoms with van der Waals surface area (Å²) < 4.78 is 0. The predicted octanol–water partition coefficient (Wildman–Crippen LogP) is 1.66. The summed E-state index contributed by atoms with van der Waals surface area (Å²) in [5.74, 6) is 0. The van der Waals surface area contributed by atoms with Crippen LogP contribution < -0.4 is 0 Å². The van der Waals surface area contributed by atoms with Gasteiger partial charge in [-0.25, -0.2) is 0 Å². The number of hydrogen-bond donors (Lipinski definition) is 0. The van der Waals surface area contributed by atoms with E-state index in [9.17, 15) is 0 Å². The molecule has 0 heterocycles. The van der Waals surface area contributed by atoms with Crippen LogP contribution >= 0.6 is 18.5 Å². The van der Waals surface area contributed by atoms with Crippen LogP contribution in [0.25, 0.3) is 0 Å². The predicted molar refractivity (Wildman–Crippen MR) is 40.8 cm³/mol. The molecule has 1 aliphatic rings. The molecule has 0 nitrogen and oxygen atoms in total. The second kappa shape index (κ2) is 2.42. The van der Waals surface area contributed by atoms with E-state index in [-0.39, 0.29) is 0 Å². The Morgan fingerprint density at radius 2 is 1.43 bits per heavy atom. The van der Waals surface area contributed by atoms with Gasteiger partial charge in [0, 0.05) is 0 Å². The van der Waals surface area contributed by atoms with Crippen molar-refractivity contribution >= 4 is 18.5 Å². The lowest BCUT2D eigenvalue weighted by molar-refractivity contribution is 0.902. The highest BCUT2D eigenvalue weighted by atomic mass is 31.0. The van der Waals surface area contributed by atoms with Crippen LogP contribution in [0, 0.1) is 0 Å². The number of hydrogen-bond acceptors (Lipinski definition) is 0. The molecule has 1 fully saturated rings. The van der Waals surface area contributed by atoms with E-state index < -0.39 is 0 Å². The van der Waals surface area contributed by atoms with Crippen molar-refractivity contribution in [2.75, 3.05) is 0 Å². The van der Waals surface area contributed by atoms with Crippen LogP contribution in [-0.2, 0) is 0 Å². The zero-order chi connectivity index (χ0) is 5.28. The van der Waals surface area contributed by atoms with Gasteiger partial charge in [-0.1, -0.05) is 0 Å². The summed E-state index contributed by atoms with van der Waals surface area (Å²) in [5, 5.41) is 0. The van der Waals surface area contributed by atoms with Crippen LogP contribution in [0.3, 0.4) is 0 Å². The van der Waals surface area contributed by atoms with Gasteiger partial charge in [-0.2, -0.15) is 0 Å². The molecule has 0 aromatic carbocycles. The molecule has 0 aliphatic heterocycles. The van der Waals surface area contributed by atoms with Crippen LogP contribution in [0.1, 0.15) is 19.3 Å². The Morgan fingerprint density at radius 1 is 1.00 bits per heavy atom. The van der Waals surface area contributed by atoms with Crippen molar-refractivity contribution in [3.05, 3.63) is 0 Å². The first-order valence-corrected chi connectivity index (χ1v) is 4.13. The molecule has 2 heteroatoms. The van der Waals surface area contributed by atoms with Crippen molar-refractivity contribution in [1.29, 1.82) is 0 Å². The standard InChI is InChI=1S/C5H12P2/c6-4-1-2-5(7)3-4/h4-5H,1-3,6-7H2. The summed E-state index contributed by atoms with van der Waals surface area (Å²) in [7, 11) is 5.77. The van der Waals surface area contributed by atoms with E-state index in [2.05, 4.69) is 18.5 Å². The summed E-state index contributed by atoms with van der Waals surface area (Å²) in [6.45, 7) is 0. The van der Waals surface area contributed by atoms with Gasteiger partial charge >= 0.3 is 0 Å². The van der Waals surface area contributed by atoms with E-state index in [0.29, 0.717) is 0 Å². The van der Waals surface area contributed by atoms with Gasteiger partial charge < -0.3 is 0 Å². The summed E-state index contributed by atoms with van der Waals surface area (Å²) in [5.41, 5.74) is 1.84. The monoisotopic (exact) mass is 134 g/mol. The van der Waals surface area contributed by atoms with Gasteiger partial charge in [0.25, 0.3) is 0 Å². The average Bonchev–Trinajstić information content (AvgIpc) is 1.87. The molecule has 0 radical (unpaired) electrons. The van der Waals surface area contributed by atoms with Gasteiger partial charge in [0.05, 0.1) is 0 Å². The largest absolute Gasteiger partial charge is 0.134 e. The molecule has 1 aliphatic carbocycles. The molecule has 42 valence electrons. The Bertz CT molecular complexity index is 55.1. The molecular formula is C5H12P2. The van der Waals surface area contributed by atoms with Crippen molar-refractivity contribution in [1.82, 2.24) is 0 Å². The molecule has 0 saturated heterocycles. The Kier molecular flexibility index (Phi) is 2.07. The lowest BCUT2D eigenvalue weighted by Crippen LogP contribution is -1.88. The third kappa shape index (κ3) is 1.67. The molecule has 1 rings (SSSR count). The SMILES string of the molecule is PC1CCC(P)C1. The Labute approximate surface area is 49.9 Å². The van der Waals surface area contributed by atoms with E-state index in [1.165, 1.54) is 19.3 Å². The summed E-state index contributed by atoms with van der Waals surface area (Å²) >= 11 is 0. The zero-order valence-electron chi connectivity index (χ0n) is 4.43. The zero-order valence-corrected chi connectivity index (χ0v) is 6.74. The van der Waals surface area contributed by atoms with Crippen molar-refractivity contribution < 1.29 is 0 Å². The van der Waals surface area contributed by atoms with Crippen molar-refractivity contribution in [3.8, 4) is 0 Å². The highest BCUT2D eigenvalue weighted by Crippen LogP contribution is 2.30. The minimum atomic E-state index is 0.919. The molecule has 0 amide bonds. The maximum Gasteiger partial charge on any atom is -0.0258 e. The van der Waals surface area contributed by atoms with Gasteiger partial charge in [0.2, 0.25) is 0 Å². The molecule has 7 heavy (non-hydrogen) atoms. The van der Waals surface area contributed by atoms with E-state index >= 15 is 0 Å². The van der Waals surface area contributed by atoms with Gasteiger partial charge in [0.1, 0.15) is 0 Å². The van der Waals surface area contributed by atoms with Crippen molar-refractivity contribution in [2.24, 2.45) is 0 Å². The molecule has 0 aromatic rings. The van der Waals surface area contributed by atoms with Gasteiger partial charge in [-0.15, -0.1) is 18.5 Å². The van der Waals surface area contributed by atoms with E-state index in [1.54, 1.807) is 0 Å². The highest BCUT2D eigenvalue weighted by molar-refractivity contribution is 7.19. The molecular weight excluding hydrogens is 122 g/mol. The second-order valence-corrected chi connectivity index (χ2v) is 4.22. The molecule has 4 atom stereocenters. The molecule has 0 spiro atoms. The Balaban J connectivity index is 2.26. The summed E-state index contributed by atoms with van der Waals surface area (Å²) in [6.07, 6.45) is 4.23. The normalized spacial score (nSPS) is 42.0. The maximum atomic E-state index is 2.88. The van der Waals surface area contributed by atoms with Crippen LogP contribution in [0.5, 0.6) is 0 Å². The minimum absolute atomic E-state index is 0.919. The van der Waals surface area contributed by atoms with Gasteiger partial charge in [-0.05, 0) is 30.6 Å². The number of rotatable bonds is 0. The lowest BCUT2D eigenvalue weighted by atomic mass is 10.4. The Hall–Kier alpha value is 0.860. The van der Waals surface area contributed by atoms with Crippen molar-refractivity contribution in [2.45, 2.75) is 30.6 Å².